The minimum absolute atomic E-state index is 0.000438. The molecule has 1 saturated carbocycles. The number of hydrogen-bond donors (Lipinski definition) is 0. The van der Waals surface area contributed by atoms with E-state index in [0.29, 0.717) is 15.4 Å². The number of esters is 1. The summed E-state index contributed by atoms with van der Waals surface area (Å²) in [5, 5.41) is 23.5. The van der Waals surface area contributed by atoms with Gasteiger partial charge in [0.15, 0.2) is 0 Å². The predicted octanol–water partition coefficient (Wildman–Crippen LogP) is 2.55. The van der Waals surface area contributed by atoms with Crippen LogP contribution < -0.4 is 9.80 Å². The summed E-state index contributed by atoms with van der Waals surface area (Å²) in [5.74, 6) is -11.5. The maximum Gasteiger partial charge on any atom is 0.334 e. The zero-order valence-electron chi connectivity index (χ0n) is 22.2. The summed E-state index contributed by atoms with van der Waals surface area (Å²) in [5.41, 5.74) is -1.19. The first-order valence-corrected chi connectivity index (χ1v) is 13.1. The van der Waals surface area contributed by atoms with Crippen LogP contribution in [0.4, 0.5) is 22.7 Å². The minimum Gasteiger partial charge on any atom is -0.463 e. The highest BCUT2D eigenvalue weighted by Gasteiger charge is 2.73. The van der Waals surface area contributed by atoms with Gasteiger partial charge in [-0.15, -0.1) is 0 Å². The van der Waals surface area contributed by atoms with Crippen molar-refractivity contribution in [3.8, 4) is 0 Å². The minimum atomic E-state index is -1.30. The molecule has 3 aliphatic carbocycles. The number of carbonyl (C=O) groups excluding carboxylic acids is 5. The highest BCUT2D eigenvalue weighted by molar-refractivity contribution is 6.28. The molecule has 2 aromatic rings. The molecule has 4 atom stereocenters. The second-order valence-corrected chi connectivity index (χ2v) is 10.5. The number of para-hydroxylation sites is 4. The molecule has 14 heteroatoms. The zero-order valence-corrected chi connectivity index (χ0v) is 22.2. The Morgan fingerprint density at radius 3 is 1.48 bits per heavy atom. The maximum atomic E-state index is 14.0. The van der Waals surface area contributed by atoms with E-state index >= 15 is 0 Å². The Hall–Kier alpha value is -5.27. The molecule has 0 radical (unpaired) electrons. The van der Waals surface area contributed by atoms with Crippen LogP contribution in [0.2, 0.25) is 0 Å². The molecule has 4 amide bonds. The average molecular weight is 575 g/mol. The second kappa shape index (κ2) is 9.39. The third-order valence-corrected chi connectivity index (χ3v) is 8.74. The van der Waals surface area contributed by atoms with Gasteiger partial charge in [0.25, 0.3) is 11.4 Å². The molecule has 2 heterocycles. The van der Waals surface area contributed by atoms with Crippen LogP contribution in [-0.2, 0) is 28.7 Å². The highest BCUT2D eigenvalue weighted by Crippen LogP contribution is 2.63. The summed E-state index contributed by atoms with van der Waals surface area (Å²) in [6, 6.07) is 10.4. The molecule has 14 nitrogen and oxygen atoms in total. The normalized spacial score (nSPS) is 27.9. The number of hydrogen-bond acceptors (Lipinski definition) is 10. The monoisotopic (exact) mass is 574 g/mol. The third-order valence-electron chi connectivity index (χ3n) is 8.74. The lowest BCUT2D eigenvalue weighted by molar-refractivity contribution is -0.384. The van der Waals surface area contributed by atoms with E-state index < -0.39 is 86.3 Å². The van der Waals surface area contributed by atoms with E-state index in [0.717, 1.165) is 12.1 Å². The van der Waals surface area contributed by atoms with Crippen molar-refractivity contribution in [3.05, 3.63) is 79.9 Å². The largest absolute Gasteiger partial charge is 0.463 e. The molecule has 2 bridgehead atoms. The fourth-order valence-electron chi connectivity index (χ4n) is 7.32. The van der Waals surface area contributed by atoms with Crippen molar-refractivity contribution in [2.75, 3.05) is 16.4 Å². The number of nitrogens with zero attached hydrogens (tertiary/aromatic N) is 4. The van der Waals surface area contributed by atoms with Crippen LogP contribution in [0.25, 0.3) is 0 Å². The Labute approximate surface area is 236 Å². The van der Waals surface area contributed by atoms with Crippen molar-refractivity contribution in [3.63, 3.8) is 0 Å². The molecule has 5 aliphatic rings. The lowest BCUT2D eigenvalue weighted by Gasteiger charge is -2.49. The topological polar surface area (TPSA) is 187 Å². The van der Waals surface area contributed by atoms with Crippen molar-refractivity contribution < 1.29 is 38.6 Å². The first kappa shape index (κ1) is 26.9. The summed E-state index contributed by atoms with van der Waals surface area (Å²) in [4.78, 5) is 92.7. The summed E-state index contributed by atoms with van der Waals surface area (Å²) in [7, 11) is 0. The number of imide groups is 2. The molecule has 42 heavy (non-hydrogen) atoms. The lowest BCUT2D eigenvalue weighted by atomic mass is 9.49. The summed E-state index contributed by atoms with van der Waals surface area (Å²) >= 11 is 0. The van der Waals surface area contributed by atoms with Gasteiger partial charge in [0.1, 0.15) is 11.4 Å². The van der Waals surface area contributed by atoms with E-state index in [4.69, 9.17) is 4.74 Å². The predicted molar refractivity (Wildman–Crippen MR) is 141 cm³/mol. The van der Waals surface area contributed by atoms with Crippen LogP contribution in [-0.4, -0.2) is 46.1 Å². The Bertz CT molecular complexity index is 1580. The van der Waals surface area contributed by atoms with E-state index in [9.17, 15) is 44.2 Å². The summed E-state index contributed by atoms with van der Waals surface area (Å²) in [6.45, 7) is 3.08. The molecule has 0 N–H and O–H groups in total. The molecular weight excluding hydrogens is 552 g/mol. The Morgan fingerprint density at radius 2 is 1.10 bits per heavy atom. The van der Waals surface area contributed by atoms with Gasteiger partial charge < -0.3 is 4.74 Å². The van der Waals surface area contributed by atoms with Crippen molar-refractivity contribution >= 4 is 52.3 Å². The van der Waals surface area contributed by atoms with Gasteiger partial charge >= 0.3 is 5.97 Å². The average Bonchev–Trinajstić information content (AvgIpc) is 3.38. The molecule has 2 saturated heterocycles. The van der Waals surface area contributed by atoms with Crippen molar-refractivity contribution in [1.29, 1.82) is 0 Å². The molecule has 2 aromatic carbocycles. The number of rotatable bonds is 6. The van der Waals surface area contributed by atoms with Crippen LogP contribution >= 0.6 is 0 Å². The third kappa shape index (κ3) is 3.40. The van der Waals surface area contributed by atoms with Gasteiger partial charge in [0, 0.05) is 29.5 Å². The zero-order chi connectivity index (χ0) is 30.2. The first-order chi connectivity index (χ1) is 20.0. The number of carbonyl (C=O) groups is 5. The van der Waals surface area contributed by atoms with Crippen LogP contribution in [0.1, 0.15) is 13.8 Å². The Kier molecular flexibility index (Phi) is 6.02. The molecule has 3 fully saturated rings. The lowest BCUT2D eigenvalue weighted by Crippen LogP contribution is -2.55. The van der Waals surface area contributed by atoms with Gasteiger partial charge in [-0.2, -0.15) is 0 Å². The fourth-order valence-corrected chi connectivity index (χ4v) is 7.32. The summed E-state index contributed by atoms with van der Waals surface area (Å²) in [6.07, 6.45) is 0. The van der Waals surface area contributed by atoms with E-state index in [1.807, 2.05) is 0 Å². The Balaban J connectivity index is 1.53. The quantitative estimate of drug-likeness (QED) is 0.215. The van der Waals surface area contributed by atoms with Gasteiger partial charge in [-0.25, -0.2) is 14.6 Å². The number of amides is 4. The van der Waals surface area contributed by atoms with E-state index in [2.05, 4.69) is 0 Å². The highest BCUT2D eigenvalue weighted by atomic mass is 16.6. The van der Waals surface area contributed by atoms with Gasteiger partial charge in [-0.3, -0.25) is 39.4 Å². The standard InChI is InChI=1S/C28H22N4O10/c1-3-42-28(37)18-12(2)17-20-22(26(35)29(24(20)33)13-8-4-6-10-15(13)31(38)39)19(18)23-21(17)25(34)30(27(23)36)14-9-5-7-11-16(14)32(40)41/h4-11,17,19-23H,3H2,1-2H3/t17?,19?,20-,21-,22-,23-/m1/s1. The number of ether oxygens (including phenoxy) is 1. The van der Waals surface area contributed by atoms with Crippen molar-refractivity contribution in [2.45, 2.75) is 13.8 Å². The summed E-state index contributed by atoms with van der Waals surface area (Å²) < 4.78 is 5.25. The fraction of sp³-hybridized carbons (Fsp3) is 0.321. The number of benzene rings is 2. The van der Waals surface area contributed by atoms with Crippen LogP contribution in [0.3, 0.4) is 0 Å². The second-order valence-electron chi connectivity index (χ2n) is 10.5. The molecule has 214 valence electrons. The van der Waals surface area contributed by atoms with Crippen LogP contribution in [0, 0.1) is 55.7 Å². The Morgan fingerprint density at radius 1 is 0.714 bits per heavy atom. The van der Waals surface area contributed by atoms with Gasteiger partial charge in [-0.05, 0) is 26.0 Å². The van der Waals surface area contributed by atoms with Crippen LogP contribution in [0.15, 0.2) is 59.7 Å². The van der Waals surface area contributed by atoms with Gasteiger partial charge in [0.05, 0.1) is 40.1 Å². The van der Waals surface area contributed by atoms with Gasteiger partial charge in [0.2, 0.25) is 23.6 Å². The first-order valence-electron chi connectivity index (χ1n) is 13.1. The van der Waals surface area contributed by atoms with Crippen LogP contribution in [0.5, 0.6) is 0 Å². The van der Waals surface area contributed by atoms with E-state index in [1.165, 1.54) is 43.3 Å². The number of nitro benzene ring substituents is 2. The number of allylic oxidation sites excluding steroid dienone is 1. The van der Waals surface area contributed by atoms with E-state index in [-0.39, 0.29) is 23.6 Å². The smallest absolute Gasteiger partial charge is 0.334 e. The maximum absolute atomic E-state index is 14.0. The molecule has 0 aromatic heterocycles. The molecular formula is C28H22N4O10. The molecule has 0 unspecified atom stereocenters. The van der Waals surface area contributed by atoms with Gasteiger partial charge in [-0.1, -0.05) is 29.8 Å². The van der Waals surface area contributed by atoms with Crippen molar-refractivity contribution in [2.24, 2.45) is 35.5 Å². The SMILES string of the molecule is CCOC(=O)C1=C(C)C2[C@H]3C(=O)N(c4ccccc4[N+](=O)[O-])C(=O)[C@@H]3C1[C@H]1C(=O)N(c3ccccc3[N+](=O)[O-])C(=O)[C@H]21. The molecule has 7 rings (SSSR count). The van der Waals surface area contributed by atoms with Crippen molar-refractivity contribution in [1.82, 2.24) is 0 Å². The number of anilines is 2. The molecule has 0 spiro atoms. The van der Waals surface area contributed by atoms with E-state index in [1.54, 1.807) is 6.92 Å². The molecule has 2 aliphatic heterocycles. The number of nitro groups is 2.